The Balaban J connectivity index is 1.73. The van der Waals surface area contributed by atoms with Gasteiger partial charge in [-0.3, -0.25) is 9.59 Å². The predicted octanol–water partition coefficient (Wildman–Crippen LogP) is 3.49. The van der Waals surface area contributed by atoms with Crippen molar-refractivity contribution in [2.24, 2.45) is 0 Å². The smallest absolute Gasteiger partial charge is 0.247 e. The second-order valence-electron chi connectivity index (χ2n) is 9.51. The lowest BCUT2D eigenvalue weighted by Gasteiger charge is -2.35. The lowest BCUT2D eigenvalue weighted by Crippen LogP contribution is -2.51. The molecule has 186 valence electrons. The zero-order valence-electron chi connectivity index (χ0n) is 20.9. The van der Waals surface area contributed by atoms with Crippen LogP contribution < -0.4 is 14.8 Å². The number of aromatic nitrogens is 3. The van der Waals surface area contributed by atoms with Crippen LogP contribution in [0.15, 0.2) is 42.5 Å². The fourth-order valence-electron chi connectivity index (χ4n) is 4.11. The maximum absolute atomic E-state index is 13.8. The van der Waals surface area contributed by atoms with Crippen molar-refractivity contribution < 1.29 is 19.1 Å². The first-order valence-corrected chi connectivity index (χ1v) is 11.9. The van der Waals surface area contributed by atoms with Gasteiger partial charge in [-0.15, -0.1) is 5.10 Å². The molecule has 0 spiro atoms. The molecule has 0 aliphatic heterocycles. The van der Waals surface area contributed by atoms with E-state index in [0.717, 1.165) is 30.3 Å². The van der Waals surface area contributed by atoms with Gasteiger partial charge in [-0.05, 0) is 62.9 Å². The van der Waals surface area contributed by atoms with Crippen molar-refractivity contribution in [2.45, 2.75) is 64.2 Å². The monoisotopic (exact) mass is 479 g/mol. The van der Waals surface area contributed by atoms with Gasteiger partial charge in [0.2, 0.25) is 11.8 Å². The highest BCUT2D eigenvalue weighted by molar-refractivity contribution is 5.90. The summed E-state index contributed by atoms with van der Waals surface area (Å²) in [7, 11) is 3.12. The van der Waals surface area contributed by atoms with Crippen molar-refractivity contribution in [3.8, 4) is 11.5 Å². The van der Waals surface area contributed by atoms with Gasteiger partial charge in [0.1, 0.15) is 18.1 Å². The van der Waals surface area contributed by atoms with Crippen molar-refractivity contribution in [2.75, 3.05) is 14.2 Å². The second kappa shape index (κ2) is 9.93. The largest absolute Gasteiger partial charge is 0.493 e. The molecule has 1 fully saturated rings. The van der Waals surface area contributed by atoms with Gasteiger partial charge >= 0.3 is 0 Å². The molecule has 9 nitrogen and oxygen atoms in total. The van der Waals surface area contributed by atoms with E-state index in [1.54, 1.807) is 35.9 Å². The fourth-order valence-corrected chi connectivity index (χ4v) is 4.11. The Morgan fingerprint density at radius 2 is 1.86 bits per heavy atom. The molecule has 1 N–H and O–H groups in total. The first-order valence-electron chi connectivity index (χ1n) is 11.9. The average molecular weight is 480 g/mol. The van der Waals surface area contributed by atoms with Crippen LogP contribution in [0.1, 0.15) is 51.6 Å². The van der Waals surface area contributed by atoms with Gasteiger partial charge in [0.25, 0.3) is 0 Å². The Bertz CT molecular complexity index is 1220. The van der Waals surface area contributed by atoms with Crippen molar-refractivity contribution >= 4 is 22.8 Å². The molecule has 0 radical (unpaired) electrons. The van der Waals surface area contributed by atoms with E-state index in [-0.39, 0.29) is 24.4 Å². The van der Waals surface area contributed by atoms with Crippen LogP contribution in [-0.2, 0) is 16.1 Å². The van der Waals surface area contributed by atoms with Crippen LogP contribution in [0.5, 0.6) is 11.5 Å². The average Bonchev–Trinajstić information content (AvgIpc) is 3.61. The third-order valence-electron chi connectivity index (χ3n) is 6.53. The van der Waals surface area contributed by atoms with Crippen molar-refractivity contribution in [1.29, 1.82) is 0 Å². The summed E-state index contributed by atoms with van der Waals surface area (Å²) in [6.45, 7) is 5.96. The molecule has 35 heavy (non-hydrogen) atoms. The summed E-state index contributed by atoms with van der Waals surface area (Å²) in [6, 6.07) is 12.0. The van der Waals surface area contributed by atoms with Gasteiger partial charge in [-0.25, -0.2) is 4.68 Å². The van der Waals surface area contributed by atoms with E-state index >= 15 is 0 Å². The van der Waals surface area contributed by atoms with Crippen molar-refractivity contribution in [3.05, 3.63) is 48.0 Å². The summed E-state index contributed by atoms with van der Waals surface area (Å²) in [5.41, 5.74) is 1.73. The van der Waals surface area contributed by atoms with Gasteiger partial charge in [-0.1, -0.05) is 30.3 Å². The molecule has 1 heterocycles. The molecule has 2 aromatic carbocycles. The minimum atomic E-state index is -0.824. The maximum Gasteiger partial charge on any atom is 0.247 e. The molecule has 0 bridgehead atoms. The van der Waals surface area contributed by atoms with E-state index in [1.807, 2.05) is 51.1 Å². The molecule has 4 rings (SSSR count). The second-order valence-corrected chi connectivity index (χ2v) is 9.51. The number of benzene rings is 2. The molecule has 1 unspecified atom stereocenters. The van der Waals surface area contributed by atoms with Crippen molar-refractivity contribution in [1.82, 2.24) is 25.2 Å². The topological polar surface area (TPSA) is 98.6 Å². The number of ether oxygens (including phenoxy) is 2. The summed E-state index contributed by atoms with van der Waals surface area (Å²) >= 11 is 0. The fraction of sp³-hybridized carbons (Fsp3) is 0.462. The van der Waals surface area contributed by atoms with E-state index in [0.29, 0.717) is 17.1 Å². The van der Waals surface area contributed by atoms with Gasteiger partial charge < -0.3 is 19.7 Å². The highest BCUT2D eigenvalue weighted by atomic mass is 16.5. The Morgan fingerprint density at radius 3 is 2.51 bits per heavy atom. The summed E-state index contributed by atoms with van der Waals surface area (Å²) in [4.78, 5) is 29.2. The first-order chi connectivity index (χ1) is 16.8. The van der Waals surface area contributed by atoms with Crippen LogP contribution in [0.2, 0.25) is 0 Å². The predicted molar refractivity (Wildman–Crippen MR) is 132 cm³/mol. The number of hydrogen-bond acceptors (Lipinski definition) is 6. The highest BCUT2D eigenvalue weighted by Crippen LogP contribution is 2.38. The van der Waals surface area contributed by atoms with Crippen LogP contribution in [0, 0.1) is 0 Å². The van der Waals surface area contributed by atoms with Gasteiger partial charge in [-0.2, -0.15) is 0 Å². The third-order valence-corrected chi connectivity index (χ3v) is 6.53. The SMILES string of the molecule is CCC(C)(C)NC(=O)C(c1ccc(OC)c(OC)c1)N(C(=O)Cn1nnc2ccccc21)C1CC1. The molecule has 1 saturated carbocycles. The number of carbonyl (C=O) groups is 2. The zero-order chi connectivity index (χ0) is 25.2. The number of methoxy groups -OCH3 is 2. The van der Waals surface area contributed by atoms with Crippen LogP contribution >= 0.6 is 0 Å². The first kappa shape index (κ1) is 24.5. The lowest BCUT2D eigenvalue weighted by molar-refractivity contribution is -0.143. The highest BCUT2D eigenvalue weighted by Gasteiger charge is 2.42. The quantitative estimate of drug-likeness (QED) is 0.478. The molecule has 1 aliphatic carbocycles. The van der Waals surface area contributed by atoms with Gasteiger partial charge in [0.15, 0.2) is 11.5 Å². The third kappa shape index (κ3) is 5.23. The molecular weight excluding hydrogens is 446 g/mol. The van der Waals surface area contributed by atoms with Crippen LogP contribution in [-0.4, -0.2) is 57.5 Å². The lowest BCUT2D eigenvalue weighted by atomic mass is 9.98. The number of para-hydroxylation sites is 1. The standard InChI is InChI=1S/C26H33N5O4/c1-6-26(2,3)27-25(33)24(17-11-14-21(34-4)22(15-17)35-5)31(18-12-13-18)23(32)16-30-20-10-8-7-9-19(20)28-29-30/h7-11,14-15,18,24H,6,12-13,16H2,1-5H3,(H,27,33). The molecule has 2 amide bonds. The Labute approximate surface area is 205 Å². The van der Waals surface area contributed by atoms with E-state index < -0.39 is 11.6 Å². The molecule has 9 heteroatoms. The molecule has 1 aliphatic rings. The number of rotatable bonds is 10. The molecule has 1 atom stereocenters. The summed E-state index contributed by atoms with van der Waals surface area (Å²) < 4.78 is 12.5. The summed E-state index contributed by atoms with van der Waals surface area (Å²) in [5, 5.41) is 11.5. The summed E-state index contributed by atoms with van der Waals surface area (Å²) in [6.07, 6.45) is 2.44. The number of amides is 2. The Kier molecular flexibility index (Phi) is 6.95. The van der Waals surface area contributed by atoms with Crippen LogP contribution in [0.25, 0.3) is 11.0 Å². The van der Waals surface area contributed by atoms with Crippen molar-refractivity contribution in [3.63, 3.8) is 0 Å². The number of carbonyl (C=O) groups excluding carboxylic acids is 2. The molecule has 0 saturated heterocycles. The summed E-state index contributed by atoms with van der Waals surface area (Å²) in [5.74, 6) is 0.644. The van der Waals surface area contributed by atoms with E-state index in [1.165, 1.54) is 0 Å². The van der Waals surface area contributed by atoms with Gasteiger partial charge in [0.05, 0.1) is 19.7 Å². The number of nitrogens with one attached hydrogen (secondary N) is 1. The molecule has 3 aromatic rings. The van der Waals surface area contributed by atoms with E-state index in [4.69, 9.17) is 9.47 Å². The Morgan fingerprint density at radius 1 is 1.14 bits per heavy atom. The minimum absolute atomic E-state index is 0.00868. The molecular formula is C26H33N5O4. The van der Waals surface area contributed by atoms with E-state index in [2.05, 4.69) is 15.6 Å². The number of hydrogen-bond donors (Lipinski definition) is 1. The Hall–Kier alpha value is -3.62. The minimum Gasteiger partial charge on any atom is -0.493 e. The van der Waals surface area contributed by atoms with Crippen LogP contribution in [0.4, 0.5) is 0 Å². The number of fused-ring (bicyclic) bond motifs is 1. The van der Waals surface area contributed by atoms with E-state index in [9.17, 15) is 9.59 Å². The molecule has 1 aromatic heterocycles. The maximum atomic E-state index is 13.8. The zero-order valence-corrected chi connectivity index (χ0v) is 20.9. The normalized spacial score (nSPS) is 14.4. The van der Waals surface area contributed by atoms with Crippen LogP contribution in [0.3, 0.4) is 0 Å². The number of nitrogens with zero attached hydrogens (tertiary/aromatic N) is 4. The van der Waals surface area contributed by atoms with Gasteiger partial charge in [0, 0.05) is 11.6 Å².